The number of rotatable bonds is 13. The van der Waals surface area contributed by atoms with E-state index in [1.165, 1.54) is 0 Å². The molecule has 8 rings (SSSR count). The van der Waals surface area contributed by atoms with Gasteiger partial charge in [0.05, 0.1) is 22.5 Å². The van der Waals surface area contributed by atoms with Gasteiger partial charge < -0.3 is 32.0 Å². The molecule has 9 nitrogen and oxygen atoms in total. The number of nitrogens with zero attached hydrogens (tertiary/aromatic N) is 3. The molecule has 0 aliphatic carbocycles. The van der Waals surface area contributed by atoms with Gasteiger partial charge in [-0.25, -0.2) is 9.59 Å². The molecule has 0 aliphatic rings. The van der Waals surface area contributed by atoms with Crippen LogP contribution in [0.1, 0.15) is 46.1 Å². The Balaban J connectivity index is 1.04. The van der Waals surface area contributed by atoms with Crippen molar-refractivity contribution in [3.05, 3.63) is 130 Å². The maximum absolute atomic E-state index is 13.4. The van der Waals surface area contributed by atoms with Crippen LogP contribution in [0, 0.1) is 6.92 Å². The minimum atomic E-state index is -0.390. The molecule has 0 bridgehead atoms. The number of fused-ring (bicyclic) bond motifs is 2. The van der Waals surface area contributed by atoms with Crippen molar-refractivity contribution in [1.82, 2.24) is 4.57 Å². The summed E-state index contributed by atoms with van der Waals surface area (Å²) in [6.07, 6.45) is 2.08. The Morgan fingerprint density at radius 1 is 0.561 bits per heavy atom. The van der Waals surface area contributed by atoms with Gasteiger partial charge in [0, 0.05) is 73.1 Å². The molecule has 0 amide bonds. The first-order chi connectivity index (χ1) is 27.7. The quantitative estimate of drug-likeness (QED) is 0.107. The van der Waals surface area contributed by atoms with Crippen molar-refractivity contribution in [3.63, 3.8) is 0 Å². The molecule has 57 heavy (non-hydrogen) atoms. The summed E-state index contributed by atoms with van der Waals surface area (Å²) in [5.41, 5.74) is 7.45. The van der Waals surface area contributed by atoms with Crippen molar-refractivity contribution >= 4 is 33.3 Å². The minimum Gasteiger partial charge on any atom is -0.453 e. The van der Waals surface area contributed by atoms with Crippen LogP contribution in [0.5, 0.6) is 0 Å². The number of anilines is 2. The van der Waals surface area contributed by atoms with E-state index in [1.807, 2.05) is 110 Å². The third-order valence-electron chi connectivity index (χ3n) is 10.9. The van der Waals surface area contributed by atoms with Crippen molar-refractivity contribution in [3.8, 4) is 56.7 Å². The molecular weight excluding hydrogens is 715 g/mol. The van der Waals surface area contributed by atoms with E-state index in [0.717, 1.165) is 89.2 Å². The minimum absolute atomic E-state index is 0.377. The predicted molar refractivity (Wildman–Crippen MR) is 230 cm³/mol. The SMILES string of the molecule is CCCN(CCC)c1ccc2cc(-c3ccc(-c4ccc(-c5ccc(-c6cccc(-c7c(C)c8ccc(N(CC)CC)cc8oc7=O)c6)o5)o4)n3C)c(=O)oc2c1. The second-order valence-corrected chi connectivity index (χ2v) is 14.5. The number of furan rings is 2. The van der Waals surface area contributed by atoms with Crippen molar-refractivity contribution in [2.45, 2.75) is 47.5 Å². The molecule has 0 aliphatic heterocycles. The Morgan fingerprint density at radius 2 is 1.18 bits per heavy atom. The fraction of sp³-hybridized carbons (Fsp3) is 0.250. The zero-order chi connectivity index (χ0) is 39.8. The van der Waals surface area contributed by atoms with Gasteiger partial charge in [0.15, 0.2) is 17.3 Å². The summed E-state index contributed by atoms with van der Waals surface area (Å²) in [5.74, 6) is 2.39. The normalized spacial score (nSPS) is 11.5. The van der Waals surface area contributed by atoms with E-state index < -0.39 is 5.63 Å². The highest BCUT2D eigenvalue weighted by atomic mass is 16.4. The number of hydrogen-bond donors (Lipinski definition) is 0. The standard InChI is InChI=1S/C48H47N3O6/c1-7-24-51(25-8-2)35-15-14-32-27-37(47(52)56-44(32)28-35)38-18-19-39(49(38)6)41-21-23-43(55-41)42-22-20-40(54-42)31-12-11-13-33(26-31)46-30(5)36-17-16-34(50(9-3)10-4)29-45(36)57-48(46)53/h11-23,26-29H,7-10,24-25H2,1-6H3. The van der Waals surface area contributed by atoms with Gasteiger partial charge >= 0.3 is 11.3 Å². The lowest BCUT2D eigenvalue weighted by Crippen LogP contribution is -2.24. The van der Waals surface area contributed by atoms with E-state index >= 15 is 0 Å². The molecule has 0 N–H and O–H groups in total. The van der Waals surface area contributed by atoms with Gasteiger partial charge in [-0.15, -0.1) is 0 Å². The summed E-state index contributed by atoms with van der Waals surface area (Å²) in [6, 6.07) is 33.2. The molecule has 0 spiro atoms. The fourth-order valence-electron chi connectivity index (χ4n) is 7.94. The van der Waals surface area contributed by atoms with Crippen LogP contribution in [-0.4, -0.2) is 30.7 Å². The predicted octanol–water partition coefficient (Wildman–Crippen LogP) is 11.5. The van der Waals surface area contributed by atoms with Gasteiger partial charge in [0.2, 0.25) is 0 Å². The first-order valence-corrected chi connectivity index (χ1v) is 19.8. The fourth-order valence-corrected chi connectivity index (χ4v) is 7.94. The number of aryl methyl sites for hydroxylation is 1. The molecule has 0 fully saturated rings. The topological polar surface area (TPSA) is 98.1 Å². The van der Waals surface area contributed by atoms with Crippen molar-refractivity contribution < 1.29 is 17.7 Å². The van der Waals surface area contributed by atoms with E-state index in [9.17, 15) is 9.59 Å². The van der Waals surface area contributed by atoms with Gasteiger partial charge in [0.25, 0.3) is 0 Å². The van der Waals surface area contributed by atoms with Crippen LogP contribution in [0.15, 0.2) is 130 Å². The van der Waals surface area contributed by atoms with Crippen LogP contribution in [0.4, 0.5) is 11.4 Å². The van der Waals surface area contributed by atoms with Gasteiger partial charge in [-0.05, 0) is 118 Å². The highest BCUT2D eigenvalue weighted by Gasteiger charge is 2.20. The van der Waals surface area contributed by atoms with Crippen LogP contribution in [-0.2, 0) is 7.05 Å². The van der Waals surface area contributed by atoms with Crippen molar-refractivity contribution in [1.29, 1.82) is 0 Å². The average molecular weight is 762 g/mol. The number of benzene rings is 3. The highest BCUT2D eigenvalue weighted by molar-refractivity contribution is 5.89. The zero-order valence-corrected chi connectivity index (χ0v) is 33.3. The van der Waals surface area contributed by atoms with Gasteiger partial charge in [-0.3, -0.25) is 0 Å². The van der Waals surface area contributed by atoms with Crippen LogP contribution in [0.25, 0.3) is 78.6 Å². The molecule has 3 aromatic carbocycles. The molecular formula is C48H47N3O6. The molecule has 9 heteroatoms. The number of aromatic nitrogens is 1. The first-order valence-electron chi connectivity index (χ1n) is 19.8. The average Bonchev–Trinajstić information content (AvgIpc) is 3.98. The summed E-state index contributed by atoms with van der Waals surface area (Å²) < 4.78 is 26.4. The van der Waals surface area contributed by atoms with Crippen molar-refractivity contribution in [2.24, 2.45) is 7.05 Å². The maximum atomic E-state index is 13.4. The second-order valence-electron chi connectivity index (χ2n) is 14.5. The number of hydrogen-bond acceptors (Lipinski definition) is 8. The second kappa shape index (κ2) is 15.6. The summed E-state index contributed by atoms with van der Waals surface area (Å²) in [7, 11) is 1.91. The van der Waals surface area contributed by atoms with Gasteiger partial charge in [-0.2, -0.15) is 0 Å². The van der Waals surface area contributed by atoms with Crippen LogP contribution >= 0.6 is 0 Å². The molecule has 8 aromatic rings. The largest absolute Gasteiger partial charge is 0.453 e. The molecule has 0 atom stereocenters. The zero-order valence-electron chi connectivity index (χ0n) is 33.3. The Morgan fingerprint density at radius 3 is 1.91 bits per heavy atom. The Bertz CT molecular complexity index is 2840. The third-order valence-corrected chi connectivity index (χ3v) is 10.9. The molecule has 290 valence electrons. The van der Waals surface area contributed by atoms with E-state index in [4.69, 9.17) is 17.7 Å². The molecule has 0 unspecified atom stereocenters. The lowest BCUT2D eigenvalue weighted by Gasteiger charge is -2.23. The third kappa shape index (κ3) is 6.99. The smallest absolute Gasteiger partial charge is 0.345 e. The monoisotopic (exact) mass is 761 g/mol. The molecule has 5 aromatic heterocycles. The van der Waals surface area contributed by atoms with Crippen LogP contribution in [0.2, 0.25) is 0 Å². The van der Waals surface area contributed by atoms with E-state index in [0.29, 0.717) is 45.3 Å². The lowest BCUT2D eigenvalue weighted by atomic mass is 9.97. The Hall–Kier alpha value is -6.48. The lowest BCUT2D eigenvalue weighted by molar-refractivity contribution is 0.536. The Labute approximate surface area is 331 Å². The summed E-state index contributed by atoms with van der Waals surface area (Å²) >= 11 is 0. The highest BCUT2D eigenvalue weighted by Crippen LogP contribution is 2.36. The molecule has 5 heterocycles. The summed E-state index contributed by atoms with van der Waals surface area (Å²) in [6.45, 7) is 14.2. The van der Waals surface area contributed by atoms with E-state index in [-0.39, 0.29) is 5.63 Å². The molecule has 0 radical (unpaired) electrons. The summed E-state index contributed by atoms with van der Waals surface area (Å²) in [5, 5.41) is 1.77. The van der Waals surface area contributed by atoms with Crippen LogP contribution < -0.4 is 21.1 Å². The first kappa shape index (κ1) is 37.4. The van der Waals surface area contributed by atoms with E-state index in [1.54, 1.807) is 0 Å². The van der Waals surface area contributed by atoms with E-state index in [2.05, 4.69) is 49.6 Å². The Kier molecular flexibility index (Phi) is 10.2. The maximum Gasteiger partial charge on any atom is 0.345 e. The molecule has 0 saturated heterocycles. The van der Waals surface area contributed by atoms with Crippen molar-refractivity contribution in [2.75, 3.05) is 36.0 Å². The van der Waals surface area contributed by atoms with Gasteiger partial charge in [-0.1, -0.05) is 32.0 Å². The summed E-state index contributed by atoms with van der Waals surface area (Å²) in [4.78, 5) is 31.3. The molecule has 0 saturated carbocycles. The van der Waals surface area contributed by atoms with Gasteiger partial charge in [0.1, 0.15) is 16.9 Å². The van der Waals surface area contributed by atoms with Crippen LogP contribution in [0.3, 0.4) is 0 Å².